The lowest BCUT2D eigenvalue weighted by molar-refractivity contribution is 0.846. The van der Waals surface area contributed by atoms with Gasteiger partial charge in [-0.25, -0.2) is 0 Å². The van der Waals surface area contributed by atoms with Crippen LogP contribution < -0.4 is 9.80 Å². The molecule has 110 valence electrons. The predicted molar refractivity (Wildman–Crippen MR) is 92.0 cm³/mol. The maximum atomic E-state index is 6.03. The van der Waals surface area contributed by atoms with Gasteiger partial charge in [0.15, 0.2) is 0 Å². The van der Waals surface area contributed by atoms with E-state index in [0.717, 1.165) is 23.8 Å². The van der Waals surface area contributed by atoms with Gasteiger partial charge in [-0.05, 0) is 55.2 Å². The van der Waals surface area contributed by atoms with Gasteiger partial charge in [-0.3, -0.25) is 0 Å². The van der Waals surface area contributed by atoms with Crippen molar-refractivity contribution >= 4 is 34.3 Å². The first-order valence-electron chi connectivity index (χ1n) is 7.67. The predicted octanol–water partition coefficient (Wildman–Crippen LogP) is 4.56. The molecule has 1 saturated heterocycles. The standard InChI is InChI=1S/C17H19ClN2S/c18-17-6-4-15(21-17)12-20-10-7-13-11-14(3-5-16(13)20)19-8-1-2-9-19/h3-6,11H,1-2,7-10,12H2. The Labute approximate surface area is 134 Å². The molecule has 0 N–H and O–H groups in total. The molecule has 2 aromatic rings. The molecule has 0 atom stereocenters. The highest BCUT2D eigenvalue weighted by atomic mass is 35.5. The highest BCUT2D eigenvalue weighted by Crippen LogP contribution is 2.34. The van der Waals surface area contributed by atoms with Crippen molar-refractivity contribution in [2.75, 3.05) is 29.4 Å². The number of hydrogen-bond acceptors (Lipinski definition) is 3. The number of thiophene rings is 1. The molecule has 1 aromatic carbocycles. The summed E-state index contributed by atoms with van der Waals surface area (Å²) >= 11 is 7.72. The van der Waals surface area contributed by atoms with Crippen LogP contribution in [-0.4, -0.2) is 19.6 Å². The van der Waals surface area contributed by atoms with Gasteiger partial charge in [-0.15, -0.1) is 11.3 Å². The van der Waals surface area contributed by atoms with Gasteiger partial charge in [0.1, 0.15) is 0 Å². The molecular formula is C17H19ClN2S. The molecule has 0 unspecified atom stereocenters. The second-order valence-corrected chi connectivity index (χ2v) is 7.68. The van der Waals surface area contributed by atoms with Crippen LogP contribution in [0.15, 0.2) is 30.3 Å². The molecule has 2 aliphatic heterocycles. The highest BCUT2D eigenvalue weighted by molar-refractivity contribution is 7.16. The lowest BCUT2D eigenvalue weighted by Gasteiger charge is -2.21. The molecule has 3 heterocycles. The van der Waals surface area contributed by atoms with Crippen LogP contribution in [0.1, 0.15) is 23.3 Å². The topological polar surface area (TPSA) is 6.48 Å². The zero-order valence-electron chi connectivity index (χ0n) is 12.0. The van der Waals surface area contributed by atoms with Crippen molar-refractivity contribution in [3.63, 3.8) is 0 Å². The Balaban J connectivity index is 1.54. The SMILES string of the molecule is Clc1ccc(CN2CCc3cc(N4CCCC4)ccc32)s1. The average Bonchev–Trinajstić information content (AvgIpc) is 3.21. The van der Waals surface area contributed by atoms with Crippen LogP contribution >= 0.6 is 22.9 Å². The van der Waals surface area contributed by atoms with Crippen LogP contribution in [0.3, 0.4) is 0 Å². The highest BCUT2D eigenvalue weighted by Gasteiger charge is 2.21. The summed E-state index contributed by atoms with van der Waals surface area (Å²) in [7, 11) is 0. The quantitative estimate of drug-likeness (QED) is 0.818. The van der Waals surface area contributed by atoms with Crippen LogP contribution in [0.4, 0.5) is 11.4 Å². The van der Waals surface area contributed by atoms with Crippen LogP contribution in [0, 0.1) is 0 Å². The fraction of sp³-hybridized carbons (Fsp3) is 0.412. The Kier molecular flexibility index (Phi) is 3.56. The van der Waals surface area contributed by atoms with E-state index in [-0.39, 0.29) is 0 Å². The zero-order valence-corrected chi connectivity index (χ0v) is 13.6. The van der Waals surface area contributed by atoms with E-state index in [1.807, 2.05) is 6.07 Å². The van der Waals surface area contributed by atoms with Gasteiger partial charge < -0.3 is 9.80 Å². The number of hydrogen-bond donors (Lipinski definition) is 0. The molecule has 0 saturated carbocycles. The van der Waals surface area contributed by atoms with Crippen molar-refractivity contribution < 1.29 is 0 Å². The van der Waals surface area contributed by atoms with Gasteiger partial charge in [0, 0.05) is 35.9 Å². The number of rotatable bonds is 3. The molecule has 0 spiro atoms. The molecule has 0 amide bonds. The second-order valence-electron chi connectivity index (χ2n) is 5.88. The van der Waals surface area contributed by atoms with E-state index in [9.17, 15) is 0 Å². The van der Waals surface area contributed by atoms with Crippen molar-refractivity contribution in [2.24, 2.45) is 0 Å². The Morgan fingerprint density at radius 3 is 2.67 bits per heavy atom. The maximum absolute atomic E-state index is 6.03. The Bertz CT molecular complexity index is 646. The van der Waals surface area contributed by atoms with E-state index >= 15 is 0 Å². The van der Waals surface area contributed by atoms with Gasteiger partial charge in [-0.1, -0.05) is 11.6 Å². The Hall–Kier alpha value is -1.19. The number of nitrogens with zero attached hydrogens (tertiary/aromatic N) is 2. The molecule has 4 heteroatoms. The lowest BCUT2D eigenvalue weighted by Crippen LogP contribution is -2.19. The summed E-state index contributed by atoms with van der Waals surface area (Å²) in [5.41, 5.74) is 4.32. The minimum atomic E-state index is 0.883. The van der Waals surface area contributed by atoms with Crippen molar-refractivity contribution in [1.82, 2.24) is 0 Å². The summed E-state index contributed by atoms with van der Waals surface area (Å²) in [6.07, 6.45) is 3.83. The van der Waals surface area contributed by atoms with E-state index in [0.29, 0.717) is 0 Å². The normalized spacial score (nSPS) is 17.6. The number of fused-ring (bicyclic) bond motifs is 1. The first-order chi connectivity index (χ1) is 10.3. The number of halogens is 1. The van der Waals surface area contributed by atoms with Crippen LogP contribution in [0.5, 0.6) is 0 Å². The second kappa shape index (κ2) is 5.54. The van der Waals surface area contributed by atoms with Crippen molar-refractivity contribution in [2.45, 2.75) is 25.8 Å². The fourth-order valence-electron chi connectivity index (χ4n) is 3.42. The van der Waals surface area contributed by atoms with Gasteiger partial charge in [0.25, 0.3) is 0 Å². The molecule has 1 fully saturated rings. The number of benzene rings is 1. The summed E-state index contributed by atoms with van der Waals surface area (Å²) in [5, 5.41) is 0. The summed E-state index contributed by atoms with van der Waals surface area (Å²) in [5.74, 6) is 0. The third kappa shape index (κ3) is 2.65. The maximum Gasteiger partial charge on any atom is 0.0931 e. The monoisotopic (exact) mass is 318 g/mol. The molecule has 21 heavy (non-hydrogen) atoms. The molecule has 0 radical (unpaired) electrons. The number of anilines is 2. The van der Waals surface area contributed by atoms with E-state index in [1.165, 1.54) is 47.7 Å². The molecule has 2 aliphatic rings. The first-order valence-corrected chi connectivity index (χ1v) is 8.86. The summed E-state index contributed by atoms with van der Waals surface area (Å²) in [6, 6.07) is 11.1. The lowest BCUT2D eigenvalue weighted by atomic mass is 10.1. The summed E-state index contributed by atoms with van der Waals surface area (Å²) < 4.78 is 0.883. The van der Waals surface area contributed by atoms with E-state index < -0.39 is 0 Å². The zero-order chi connectivity index (χ0) is 14.2. The van der Waals surface area contributed by atoms with Crippen LogP contribution in [0.25, 0.3) is 0 Å². The third-order valence-corrected chi connectivity index (χ3v) is 5.72. The molecule has 0 aliphatic carbocycles. The van der Waals surface area contributed by atoms with Gasteiger partial charge in [-0.2, -0.15) is 0 Å². The third-order valence-electron chi connectivity index (χ3n) is 4.50. The summed E-state index contributed by atoms with van der Waals surface area (Å²) in [6.45, 7) is 4.54. The minimum absolute atomic E-state index is 0.883. The minimum Gasteiger partial charge on any atom is -0.372 e. The Morgan fingerprint density at radius 1 is 1.05 bits per heavy atom. The smallest absolute Gasteiger partial charge is 0.0931 e. The molecule has 0 bridgehead atoms. The van der Waals surface area contributed by atoms with Crippen LogP contribution in [0.2, 0.25) is 4.34 Å². The van der Waals surface area contributed by atoms with E-state index in [2.05, 4.69) is 34.1 Å². The Morgan fingerprint density at radius 2 is 1.90 bits per heavy atom. The fourth-order valence-corrected chi connectivity index (χ4v) is 4.52. The molecular weight excluding hydrogens is 300 g/mol. The van der Waals surface area contributed by atoms with Crippen LogP contribution in [-0.2, 0) is 13.0 Å². The van der Waals surface area contributed by atoms with Gasteiger partial charge in [0.05, 0.1) is 10.9 Å². The van der Waals surface area contributed by atoms with Gasteiger partial charge in [0.2, 0.25) is 0 Å². The van der Waals surface area contributed by atoms with E-state index in [4.69, 9.17) is 11.6 Å². The molecule has 2 nitrogen and oxygen atoms in total. The molecule has 4 rings (SSSR count). The van der Waals surface area contributed by atoms with Gasteiger partial charge >= 0.3 is 0 Å². The van der Waals surface area contributed by atoms with Crippen molar-refractivity contribution in [1.29, 1.82) is 0 Å². The first kappa shape index (κ1) is 13.5. The summed E-state index contributed by atoms with van der Waals surface area (Å²) in [4.78, 5) is 6.34. The van der Waals surface area contributed by atoms with Crippen molar-refractivity contribution in [3.05, 3.63) is 45.1 Å². The van der Waals surface area contributed by atoms with Crippen molar-refractivity contribution in [3.8, 4) is 0 Å². The average molecular weight is 319 g/mol. The van der Waals surface area contributed by atoms with E-state index in [1.54, 1.807) is 11.3 Å². The largest absolute Gasteiger partial charge is 0.372 e. The molecule has 1 aromatic heterocycles.